The Morgan fingerprint density at radius 2 is 1.96 bits per heavy atom. The minimum atomic E-state index is -0.457. The number of H-pyrrole nitrogens is 1. The summed E-state index contributed by atoms with van der Waals surface area (Å²) >= 11 is 0. The molecule has 4 heteroatoms. The van der Waals surface area contributed by atoms with Crippen LogP contribution in [0.3, 0.4) is 0 Å². The van der Waals surface area contributed by atoms with E-state index in [9.17, 15) is 4.79 Å². The summed E-state index contributed by atoms with van der Waals surface area (Å²) in [5.74, 6) is 0. The number of carbonyl (C=O) groups excluding carboxylic acids is 1. The van der Waals surface area contributed by atoms with Gasteiger partial charge in [-0.15, -0.1) is 0 Å². The van der Waals surface area contributed by atoms with Gasteiger partial charge in [0.05, 0.1) is 0 Å². The zero-order valence-corrected chi connectivity index (χ0v) is 14.5. The highest BCUT2D eigenvalue weighted by molar-refractivity contribution is 5.86. The van der Waals surface area contributed by atoms with Crippen LogP contribution in [0.4, 0.5) is 4.79 Å². The molecule has 1 heterocycles. The molecule has 2 N–H and O–H groups in total. The van der Waals surface area contributed by atoms with Crippen molar-refractivity contribution in [3.63, 3.8) is 0 Å². The standard InChI is InChI=1S/C19H26N2O2/c1-12-15(8-9-20-18(22)23-19(2,3)4)16-10-13-6-5-7-14(13)11-17(16)21-12/h10-11,21H,5-9H2,1-4H3,(H,20,22). The van der Waals surface area contributed by atoms with Gasteiger partial charge in [0.1, 0.15) is 5.60 Å². The second-order valence-corrected chi connectivity index (χ2v) is 7.43. The molecule has 0 spiro atoms. The SMILES string of the molecule is Cc1[nH]c2cc3c(cc2c1CCNC(=O)OC(C)(C)C)CCC3. The maximum Gasteiger partial charge on any atom is 0.407 e. The average Bonchev–Trinajstić information content (AvgIpc) is 2.98. The third-order valence-electron chi connectivity index (χ3n) is 4.38. The lowest BCUT2D eigenvalue weighted by molar-refractivity contribution is 0.0528. The fraction of sp³-hybridized carbons (Fsp3) is 0.526. The van der Waals surface area contributed by atoms with Crippen molar-refractivity contribution in [2.75, 3.05) is 6.54 Å². The number of aromatic nitrogens is 1. The Labute approximate surface area is 137 Å². The fourth-order valence-corrected chi connectivity index (χ4v) is 3.38. The number of hydrogen-bond donors (Lipinski definition) is 2. The highest BCUT2D eigenvalue weighted by atomic mass is 16.6. The number of hydrogen-bond acceptors (Lipinski definition) is 2. The van der Waals surface area contributed by atoms with Crippen LogP contribution in [0.1, 0.15) is 49.6 Å². The first-order valence-electron chi connectivity index (χ1n) is 8.43. The first kappa shape index (κ1) is 15.9. The monoisotopic (exact) mass is 314 g/mol. The van der Waals surface area contributed by atoms with E-state index in [4.69, 9.17) is 4.74 Å². The lowest BCUT2D eigenvalue weighted by Gasteiger charge is -2.19. The van der Waals surface area contributed by atoms with E-state index >= 15 is 0 Å². The number of amides is 1. The lowest BCUT2D eigenvalue weighted by atomic mass is 10.0. The lowest BCUT2D eigenvalue weighted by Crippen LogP contribution is -2.33. The summed E-state index contributed by atoms with van der Waals surface area (Å²) in [6.07, 6.45) is 4.10. The molecule has 0 atom stereocenters. The summed E-state index contributed by atoms with van der Waals surface area (Å²) in [5, 5.41) is 4.15. The molecule has 0 bridgehead atoms. The minimum Gasteiger partial charge on any atom is -0.444 e. The molecule has 1 aromatic heterocycles. The Kier molecular flexibility index (Phi) is 4.09. The highest BCUT2D eigenvalue weighted by Gasteiger charge is 2.17. The van der Waals surface area contributed by atoms with E-state index in [-0.39, 0.29) is 6.09 Å². The van der Waals surface area contributed by atoms with E-state index in [1.54, 1.807) is 0 Å². The summed E-state index contributed by atoms with van der Waals surface area (Å²) in [4.78, 5) is 15.2. The number of aromatic amines is 1. The van der Waals surface area contributed by atoms with Crippen molar-refractivity contribution >= 4 is 17.0 Å². The van der Waals surface area contributed by atoms with Crippen molar-refractivity contribution in [3.8, 4) is 0 Å². The number of aryl methyl sites for hydroxylation is 3. The Bertz CT molecular complexity index is 738. The van der Waals surface area contributed by atoms with E-state index in [1.807, 2.05) is 20.8 Å². The van der Waals surface area contributed by atoms with Gasteiger partial charge < -0.3 is 15.0 Å². The molecule has 0 aliphatic heterocycles. The van der Waals surface area contributed by atoms with Crippen LogP contribution in [0.5, 0.6) is 0 Å². The fourth-order valence-electron chi connectivity index (χ4n) is 3.38. The Morgan fingerprint density at radius 1 is 1.26 bits per heavy atom. The van der Waals surface area contributed by atoms with Crippen LogP contribution in [0.25, 0.3) is 10.9 Å². The Morgan fingerprint density at radius 3 is 2.65 bits per heavy atom. The number of carbonyl (C=O) groups is 1. The van der Waals surface area contributed by atoms with Crippen molar-refractivity contribution in [1.29, 1.82) is 0 Å². The first-order chi connectivity index (χ1) is 10.8. The third kappa shape index (κ3) is 3.52. The second kappa shape index (κ2) is 5.91. The topological polar surface area (TPSA) is 54.1 Å². The van der Waals surface area contributed by atoms with Crippen molar-refractivity contribution < 1.29 is 9.53 Å². The molecule has 1 aliphatic rings. The van der Waals surface area contributed by atoms with Gasteiger partial charge in [-0.3, -0.25) is 0 Å². The van der Waals surface area contributed by atoms with Crippen LogP contribution in [0.2, 0.25) is 0 Å². The van der Waals surface area contributed by atoms with Gasteiger partial charge in [-0.2, -0.15) is 0 Å². The van der Waals surface area contributed by atoms with Crippen molar-refractivity contribution in [3.05, 3.63) is 34.5 Å². The van der Waals surface area contributed by atoms with Crippen LogP contribution in [-0.2, 0) is 24.0 Å². The van der Waals surface area contributed by atoms with Crippen molar-refractivity contribution in [2.45, 2.75) is 59.0 Å². The molecule has 23 heavy (non-hydrogen) atoms. The van der Waals surface area contributed by atoms with E-state index in [0.29, 0.717) is 6.54 Å². The van der Waals surface area contributed by atoms with Gasteiger partial charge in [0, 0.05) is 23.1 Å². The molecule has 0 fully saturated rings. The number of benzene rings is 1. The van der Waals surface area contributed by atoms with Gasteiger partial charge in [0.15, 0.2) is 0 Å². The van der Waals surface area contributed by atoms with E-state index in [0.717, 1.165) is 6.42 Å². The zero-order chi connectivity index (χ0) is 16.6. The quantitative estimate of drug-likeness (QED) is 0.898. The molecule has 124 valence electrons. The smallest absolute Gasteiger partial charge is 0.407 e. The predicted octanol–water partition coefficient (Wildman–Crippen LogP) is 4.03. The number of fused-ring (bicyclic) bond motifs is 2. The molecule has 4 nitrogen and oxygen atoms in total. The number of nitrogens with one attached hydrogen (secondary N) is 2. The van der Waals surface area contributed by atoms with Crippen molar-refractivity contribution in [2.24, 2.45) is 0 Å². The third-order valence-corrected chi connectivity index (χ3v) is 4.38. The summed E-state index contributed by atoms with van der Waals surface area (Å²) in [6, 6.07) is 4.64. The van der Waals surface area contributed by atoms with Crippen LogP contribution in [-0.4, -0.2) is 23.2 Å². The minimum absolute atomic E-state index is 0.351. The van der Waals surface area contributed by atoms with Gasteiger partial charge in [0.2, 0.25) is 0 Å². The molecule has 1 amide bonds. The predicted molar refractivity (Wildman–Crippen MR) is 93.0 cm³/mol. The molecule has 3 rings (SSSR count). The van der Waals surface area contributed by atoms with Crippen LogP contribution in [0, 0.1) is 6.92 Å². The molecule has 0 unspecified atom stereocenters. The van der Waals surface area contributed by atoms with Crippen LogP contribution in [0.15, 0.2) is 12.1 Å². The molecule has 1 aromatic carbocycles. The number of alkyl carbamates (subject to hydrolysis) is 1. The molecule has 0 saturated heterocycles. The molecule has 0 radical (unpaired) electrons. The Balaban J connectivity index is 1.71. The van der Waals surface area contributed by atoms with Crippen LogP contribution >= 0.6 is 0 Å². The molecule has 2 aromatic rings. The Hall–Kier alpha value is -1.97. The van der Waals surface area contributed by atoms with Crippen molar-refractivity contribution in [1.82, 2.24) is 10.3 Å². The molecule has 1 aliphatic carbocycles. The molecule has 0 saturated carbocycles. The zero-order valence-electron chi connectivity index (χ0n) is 14.5. The van der Waals surface area contributed by atoms with E-state index in [1.165, 1.54) is 52.5 Å². The highest BCUT2D eigenvalue weighted by Crippen LogP contribution is 2.30. The van der Waals surface area contributed by atoms with Gasteiger partial charge in [-0.05, 0) is 82.2 Å². The first-order valence-corrected chi connectivity index (χ1v) is 8.43. The normalized spacial score (nSPS) is 14.1. The largest absolute Gasteiger partial charge is 0.444 e. The van der Waals surface area contributed by atoms with Gasteiger partial charge in [0.25, 0.3) is 0 Å². The van der Waals surface area contributed by atoms with E-state index < -0.39 is 5.60 Å². The second-order valence-electron chi connectivity index (χ2n) is 7.43. The summed E-state index contributed by atoms with van der Waals surface area (Å²) in [6.45, 7) is 8.30. The molecular weight excluding hydrogens is 288 g/mol. The van der Waals surface area contributed by atoms with Gasteiger partial charge >= 0.3 is 6.09 Å². The molecular formula is C19H26N2O2. The summed E-state index contributed by atoms with van der Waals surface area (Å²) < 4.78 is 5.28. The summed E-state index contributed by atoms with van der Waals surface area (Å²) in [7, 11) is 0. The number of ether oxygens (including phenoxy) is 1. The van der Waals surface area contributed by atoms with Crippen LogP contribution < -0.4 is 5.32 Å². The summed E-state index contributed by atoms with van der Waals surface area (Å²) in [5.41, 5.74) is 6.22. The maximum absolute atomic E-state index is 11.7. The van der Waals surface area contributed by atoms with E-state index in [2.05, 4.69) is 29.4 Å². The van der Waals surface area contributed by atoms with Gasteiger partial charge in [-0.1, -0.05) is 0 Å². The average molecular weight is 314 g/mol. The number of rotatable bonds is 3. The maximum atomic E-state index is 11.7. The van der Waals surface area contributed by atoms with Gasteiger partial charge in [-0.25, -0.2) is 4.79 Å².